The van der Waals surface area contributed by atoms with Gasteiger partial charge in [-0.25, -0.2) is 0 Å². The molecule has 0 spiro atoms. The largest absolute Gasteiger partial charge is 0.496 e. The fraction of sp³-hybridized carbons (Fsp3) is 0.462. The Bertz CT molecular complexity index is 402. The van der Waals surface area contributed by atoms with Gasteiger partial charge in [0.15, 0.2) is 0 Å². The van der Waals surface area contributed by atoms with Gasteiger partial charge >= 0.3 is 0 Å². The first-order chi connectivity index (χ1) is 7.95. The maximum absolute atomic E-state index is 11.4. The first-order valence-electron chi connectivity index (χ1n) is 5.65. The lowest BCUT2D eigenvalue weighted by Crippen LogP contribution is -2.37. The molecule has 1 unspecified atom stereocenters. The minimum atomic E-state index is -0.459. The number of ether oxygens (including phenoxy) is 1. The number of nitrogens with one attached hydrogen (secondary N) is 1. The van der Waals surface area contributed by atoms with Gasteiger partial charge in [-0.3, -0.25) is 10.1 Å². The molecule has 0 fully saturated rings. The van der Waals surface area contributed by atoms with Gasteiger partial charge in [0, 0.05) is 6.04 Å². The molecule has 0 radical (unpaired) electrons. The highest BCUT2D eigenvalue weighted by molar-refractivity contribution is 5.81. The highest BCUT2D eigenvalue weighted by atomic mass is 16.5. The molecule has 3 N–H and O–H groups in total. The van der Waals surface area contributed by atoms with Crippen LogP contribution in [-0.4, -0.2) is 19.1 Å². The molecular weight excluding hydrogens is 216 g/mol. The van der Waals surface area contributed by atoms with Crippen LogP contribution in [0.3, 0.4) is 0 Å². The molecule has 0 aliphatic heterocycles. The van der Waals surface area contributed by atoms with Gasteiger partial charge in [0.2, 0.25) is 5.91 Å². The molecule has 1 atom stereocenters. The van der Waals surface area contributed by atoms with Crippen molar-refractivity contribution in [2.75, 3.05) is 7.11 Å². The predicted octanol–water partition coefficient (Wildman–Crippen LogP) is 1.53. The van der Waals surface area contributed by atoms with Crippen LogP contribution in [0.2, 0.25) is 0 Å². The van der Waals surface area contributed by atoms with Crippen molar-refractivity contribution < 1.29 is 9.53 Å². The lowest BCUT2D eigenvalue weighted by atomic mass is 10.0. The summed E-state index contributed by atoms with van der Waals surface area (Å²) in [4.78, 5) is 11.4. The summed E-state index contributed by atoms with van der Waals surface area (Å²) in [6.45, 7) is 5.90. The molecule has 17 heavy (non-hydrogen) atoms. The molecule has 0 saturated heterocycles. The number of methoxy groups -OCH3 is 1. The van der Waals surface area contributed by atoms with Gasteiger partial charge in [-0.2, -0.15) is 0 Å². The zero-order chi connectivity index (χ0) is 13.0. The fourth-order valence-corrected chi connectivity index (χ4v) is 1.76. The van der Waals surface area contributed by atoms with Crippen LogP contribution in [0.15, 0.2) is 18.2 Å². The van der Waals surface area contributed by atoms with Crippen LogP contribution in [0, 0.1) is 6.92 Å². The summed E-state index contributed by atoms with van der Waals surface area (Å²) in [6, 6.07) is 5.36. The van der Waals surface area contributed by atoms with Gasteiger partial charge in [0.05, 0.1) is 7.11 Å². The molecule has 0 aromatic heterocycles. The molecule has 0 aliphatic rings. The molecule has 1 aromatic rings. The van der Waals surface area contributed by atoms with E-state index in [-0.39, 0.29) is 11.9 Å². The van der Waals surface area contributed by atoms with E-state index in [1.165, 1.54) is 0 Å². The Morgan fingerprint density at radius 3 is 2.47 bits per heavy atom. The lowest BCUT2D eigenvalue weighted by Gasteiger charge is -2.19. The second-order valence-electron chi connectivity index (χ2n) is 4.39. The molecule has 0 saturated carbocycles. The SMILES string of the molecule is COc1ccc(C(NC(C)C)C(N)=O)cc1C. The Labute approximate surface area is 102 Å². The van der Waals surface area contributed by atoms with Gasteiger partial charge in [0.25, 0.3) is 0 Å². The summed E-state index contributed by atoms with van der Waals surface area (Å²) in [5.41, 5.74) is 7.26. The van der Waals surface area contributed by atoms with Gasteiger partial charge in [0.1, 0.15) is 11.8 Å². The van der Waals surface area contributed by atoms with Crippen molar-refractivity contribution in [1.82, 2.24) is 5.32 Å². The summed E-state index contributed by atoms with van der Waals surface area (Å²) in [5.74, 6) is 0.435. The second kappa shape index (κ2) is 5.68. The van der Waals surface area contributed by atoms with E-state index in [4.69, 9.17) is 10.5 Å². The summed E-state index contributed by atoms with van der Waals surface area (Å²) in [5, 5.41) is 3.14. The van der Waals surface area contributed by atoms with E-state index >= 15 is 0 Å². The van der Waals surface area contributed by atoms with Crippen molar-refractivity contribution in [2.45, 2.75) is 32.9 Å². The third-order valence-electron chi connectivity index (χ3n) is 2.54. The number of rotatable bonds is 5. The maximum atomic E-state index is 11.4. The van der Waals surface area contributed by atoms with Crippen LogP contribution < -0.4 is 15.8 Å². The second-order valence-corrected chi connectivity index (χ2v) is 4.39. The van der Waals surface area contributed by atoms with Crippen molar-refractivity contribution in [3.63, 3.8) is 0 Å². The maximum Gasteiger partial charge on any atom is 0.239 e. The zero-order valence-electron chi connectivity index (χ0n) is 10.8. The third kappa shape index (κ3) is 3.46. The smallest absolute Gasteiger partial charge is 0.239 e. The number of aryl methyl sites for hydroxylation is 1. The van der Waals surface area contributed by atoms with E-state index in [0.29, 0.717) is 0 Å². The Morgan fingerprint density at radius 2 is 2.06 bits per heavy atom. The van der Waals surface area contributed by atoms with Crippen LogP contribution in [-0.2, 0) is 4.79 Å². The minimum absolute atomic E-state index is 0.190. The standard InChI is InChI=1S/C13H20N2O2/c1-8(2)15-12(13(14)16)10-5-6-11(17-4)9(3)7-10/h5-8,12,15H,1-4H3,(H2,14,16). The number of amides is 1. The number of nitrogens with two attached hydrogens (primary N) is 1. The molecule has 4 heteroatoms. The normalized spacial score (nSPS) is 12.5. The lowest BCUT2D eigenvalue weighted by molar-refractivity contribution is -0.120. The van der Waals surface area contributed by atoms with Crippen LogP contribution in [0.5, 0.6) is 5.75 Å². The summed E-state index contributed by atoms with van der Waals surface area (Å²) in [7, 11) is 1.62. The molecule has 0 heterocycles. The van der Waals surface area contributed by atoms with E-state index in [1.807, 2.05) is 39.0 Å². The van der Waals surface area contributed by atoms with Crippen molar-refractivity contribution >= 4 is 5.91 Å². The first-order valence-corrected chi connectivity index (χ1v) is 5.65. The van der Waals surface area contributed by atoms with Crippen molar-refractivity contribution in [3.05, 3.63) is 29.3 Å². The molecule has 1 aromatic carbocycles. The average molecular weight is 236 g/mol. The minimum Gasteiger partial charge on any atom is -0.496 e. The molecular formula is C13H20N2O2. The average Bonchev–Trinajstić information content (AvgIpc) is 2.25. The number of carbonyl (C=O) groups is 1. The van der Waals surface area contributed by atoms with E-state index in [1.54, 1.807) is 7.11 Å². The number of benzene rings is 1. The van der Waals surface area contributed by atoms with E-state index < -0.39 is 6.04 Å². The van der Waals surface area contributed by atoms with Crippen molar-refractivity contribution in [2.24, 2.45) is 5.73 Å². The van der Waals surface area contributed by atoms with Gasteiger partial charge in [-0.05, 0) is 38.0 Å². The molecule has 0 bridgehead atoms. The summed E-state index contributed by atoms with van der Waals surface area (Å²) >= 11 is 0. The molecule has 1 amide bonds. The third-order valence-corrected chi connectivity index (χ3v) is 2.54. The number of primary amides is 1. The van der Waals surface area contributed by atoms with Gasteiger partial charge in [-0.15, -0.1) is 0 Å². The Kier molecular flexibility index (Phi) is 4.52. The topological polar surface area (TPSA) is 64.3 Å². The molecule has 0 aliphatic carbocycles. The number of hydrogen-bond donors (Lipinski definition) is 2. The summed E-state index contributed by atoms with van der Waals surface area (Å²) < 4.78 is 5.18. The van der Waals surface area contributed by atoms with E-state index in [0.717, 1.165) is 16.9 Å². The highest BCUT2D eigenvalue weighted by Gasteiger charge is 2.18. The van der Waals surface area contributed by atoms with Crippen molar-refractivity contribution in [3.8, 4) is 5.75 Å². The Balaban J connectivity index is 3.02. The molecule has 4 nitrogen and oxygen atoms in total. The zero-order valence-corrected chi connectivity index (χ0v) is 10.8. The fourth-order valence-electron chi connectivity index (χ4n) is 1.76. The first kappa shape index (κ1) is 13.5. The van der Waals surface area contributed by atoms with Crippen LogP contribution in [0.1, 0.15) is 31.0 Å². The van der Waals surface area contributed by atoms with E-state index in [2.05, 4.69) is 5.32 Å². The highest BCUT2D eigenvalue weighted by Crippen LogP contribution is 2.22. The number of hydrogen-bond acceptors (Lipinski definition) is 3. The van der Waals surface area contributed by atoms with Crippen LogP contribution in [0.4, 0.5) is 0 Å². The van der Waals surface area contributed by atoms with Gasteiger partial charge in [-0.1, -0.05) is 12.1 Å². The van der Waals surface area contributed by atoms with Gasteiger partial charge < -0.3 is 10.5 Å². The van der Waals surface area contributed by atoms with Crippen molar-refractivity contribution in [1.29, 1.82) is 0 Å². The molecule has 94 valence electrons. The predicted molar refractivity (Wildman–Crippen MR) is 67.9 cm³/mol. The monoisotopic (exact) mass is 236 g/mol. The quantitative estimate of drug-likeness (QED) is 0.814. The summed E-state index contributed by atoms with van der Waals surface area (Å²) in [6.07, 6.45) is 0. The molecule has 1 rings (SSSR count). The van der Waals surface area contributed by atoms with E-state index in [9.17, 15) is 4.79 Å². The van der Waals surface area contributed by atoms with Crippen LogP contribution >= 0.6 is 0 Å². The Morgan fingerprint density at radius 1 is 1.41 bits per heavy atom. The number of carbonyl (C=O) groups excluding carboxylic acids is 1. The Hall–Kier alpha value is -1.55. The van der Waals surface area contributed by atoms with Crippen LogP contribution in [0.25, 0.3) is 0 Å².